The molecule has 1 aromatic heterocycles. The van der Waals surface area contributed by atoms with E-state index in [1.54, 1.807) is 25.1 Å². The average Bonchev–Trinajstić information content (AvgIpc) is 2.54. The zero-order valence-electron chi connectivity index (χ0n) is 13.2. The highest BCUT2D eigenvalue weighted by Gasteiger charge is 2.26. The van der Waals surface area contributed by atoms with Crippen LogP contribution in [0.1, 0.15) is 17.3 Å². The summed E-state index contributed by atoms with van der Waals surface area (Å²) in [5.74, 6) is -0.657. The lowest BCUT2D eigenvalue weighted by atomic mass is 10.1. The lowest BCUT2D eigenvalue weighted by Gasteiger charge is -2.15. The molecule has 0 aliphatic heterocycles. The molecule has 0 aliphatic carbocycles. The second-order valence-corrected chi connectivity index (χ2v) is 7.31. The Kier molecular flexibility index (Phi) is 5.47. The van der Waals surface area contributed by atoms with E-state index in [1.165, 1.54) is 14.1 Å². The molecule has 0 bridgehead atoms. The molecule has 0 radical (unpaired) electrons. The average molecular weight is 388 g/mol. The minimum Gasteiger partial charge on any atom is -0.384 e. The molecule has 0 amide bonds. The molecule has 0 unspecified atom stereocenters. The molecule has 0 saturated heterocycles. The fraction of sp³-hybridized carbons (Fsp3) is 0.267. The molecule has 1 heterocycles. The van der Waals surface area contributed by atoms with E-state index >= 15 is 0 Å². The molecule has 24 heavy (non-hydrogen) atoms. The Morgan fingerprint density at radius 1 is 1.17 bits per heavy atom. The summed E-state index contributed by atoms with van der Waals surface area (Å²) >= 11 is 13.3. The Hall–Kier alpha value is -1.70. The number of nitrogen functional groups attached to an aromatic ring is 1. The van der Waals surface area contributed by atoms with Gasteiger partial charge in [0, 0.05) is 19.0 Å². The van der Waals surface area contributed by atoms with Gasteiger partial charge in [0.05, 0.1) is 15.3 Å². The Balaban J connectivity index is 2.47. The molecule has 0 saturated carbocycles. The number of anilines is 1. The summed E-state index contributed by atoms with van der Waals surface area (Å²) in [5.41, 5.74) is 4.28. The molecule has 1 atom stereocenters. The summed E-state index contributed by atoms with van der Waals surface area (Å²) in [7, 11) is 2.69. The van der Waals surface area contributed by atoms with Crippen molar-refractivity contribution in [1.82, 2.24) is 9.13 Å². The normalized spacial score (nSPS) is 12.2. The largest absolute Gasteiger partial charge is 0.384 e. The van der Waals surface area contributed by atoms with E-state index in [0.717, 1.165) is 20.9 Å². The number of aromatic nitrogens is 2. The van der Waals surface area contributed by atoms with Crippen LogP contribution in [0.3, 0.4) is 0 Å². The number of Topliss-reactive ketones (excluding diaryl/α,β-unsaturated/α-hetero) is 1. The number of rotatable bonds is 4. The van der Waals surface area contributed by atoms with E-state index in [2.05, 4.69) is 0 Å². The predicted octanol–water partition coefficient (Wildman–Crippen LogP) is 2.34. The molecular weight excluding hydrogens is 373 g/mol. The fourth-order valence-corrected chi connectivity index (χ4v) is 3.72. The third-order valence-electron chi connectivity index (χ3n) is 3.54. The van der Waals surface area contributed by atoms with Gasteiger partial charge in [-0.25, -0.2) is 4.79 Å². The van der Waals surface area contributed by atoms with E-state index < -0.39 is 22.3 Å². The Morgan fingerprint density at radius 2 is 1.71 bits per heavy atom. The van der Waals surface area contributed by atoms with Crippen LogP contribution in [0.5, 0.6) is 0 Å². The number of thioether (sulfide) groups is 1. The standard InChI is InChI=1S/C15H15Cl2N3O3S/c1-7(24-12-8(16)5-4-6-9(12)17)11(21)10-13(18)19(2)15(23)20(3)14(10)22/h4-7H,18H2,1-3H3/t7-/m0/s1. The fourth-order valence-electron chi connectivity index (χ4n) is 2.12. The van der Waals surface area contributed by atoms with Crippen molar-refractivity contribution >= 4 is 46.6 Å². The number of carbonyl (C=O) groups excluding carboxylic acids is 1. The van der Waals surface area contributed by atoms with Crippen LogP contribution in [-0.4, -0.2) is 20.2 Å². The first-order chi connectivity index (χ1) is 11.2. The number of ketones is 1. The number of benzene rings is 1. The lowest BCUT2D eigenvalue weighted by Crippen LogP contribution is -2.42. The maximum Gasteiger partial charge on any atom is 0.332 e. The highest BCUT2D eigenvalue weighted by atomic mass is 35.5. The first-order valence-electron chi connectivity index (χ1n) is 6.87. The summed E-state index contributed by atoms with van der Waals surface area (Å²) in [4.78, 5) is 37.4. The molecule has 0 spiro atoms. The van der Waals surface area contributed by atoms with Crippen molar-refractivity contribution < 1.29 is 4.79 Å². The van der Waals surface area contributed by atoms with Gasteiger partial charge in [0.25, 0.3) is 5.56 Å². The summed E-state index contributed by atoms with van der Waals surface area (Å²) in [5, 5.41) is 0.150. The minimum absolute atomic E-state index is 0.161. The first-order valence-corrected chi connectivity index (χ1v) is 8.50. The molecule has 0 fully saturated rings. The number of carbonyl (C=O) groups is 1. The van der Waals surface area contributed by atoms with Crippen molar-refractivity contribution in [2.45, 2.75) is 17.1 Å². The van der Waals surface area contributed by atoms with Crippen molar-refractivity contribution in [2.75, 3.05) is 5.73 Å². The number of halogens is 2. The number of nitrogens with two attached hydrogens (primary N) is 1. The molecule has 2 N–H and O–H groups in total. The second kappa shape index (κ2) is 7.04. The van der Waals surface area contributed by atoms with Crippen LogP contribution in [0.15, 0.2) is 32.7 Å². The van der Waals surface area contributed by atoms with Crippen LogP contribution in [0.25, 0.3) is 0 Å². The molecule has 2 aromatic rings. The summed E-state index contributed by atoms with van der Waals surface area (Å²) in [6.45, 7) is 1.62. The Morgan fingerprint density at radius 3 is 2.25 bits per heavy atom. The number of hydrogen-bond acceptors (Lipinski definition) is 5. The third-order valence-corrected chi connectivity index (χ3v) is 5.64. The van der Waals surface area contributed by atoms with Crippen molar-refractivity contribution in [3.05, 3.63) is 54.6 Å². The first kappa shape index (κ1) is 18.6. The van der Waals surface area contributed by atoms with E-state index in [-0.39, 0.29) is 11.4 Å². The second-order valence-electron chi connectivity index (χ2n) is 5.14. The van der Waals surface area contributed by atoms with Gasteiger partial charge in [0.15, 0.2) is 5.78 Å². The van der Waals surface area contributed by atoms with E-state index in [1.807, 2.05) is 0 Å². The van der Waals surface area contributed by atoms with Crippen molar-refractivity contribution in [3.63, 3.8) is 0 Å². The third kappa shape index (κ3) is 3.24. The van der Waals surface area contributed by atoms with Crippen LogP contribution in [0.4, 0.5) is 5.82 Å². The van der Waals surface area contributed by atoms with Gasteiger partial charge in [-0.1, -0.05) is 29.3 Å². The molecule has 2 rings (SSSR count). The van der Waals surface area contributed by atoms with Crippen molar-refractivity contribution in [3.8, 4) is 0 Å². The van der Waals surface area contributed by atoms with Crippen LogP contribution < -0.4 is 17.0 Å². The molecule has 1 aromatic carbocycles. The maximum absolute atomic E-state index is 12.7. The SMILES string of the molecule is C[C@H](Sc1c(Cl)cccc1Cl)C(=O)c1c(N)n(C)c(=O)n(C)c1=O. The maximum atomic E-state index is 12.7. The summed E-state index contributed by atoms with van der Waals surface area (Å²) in [6, 6.07) is 5.01. The van der Waals surface area contributed by atoms with Crippen molar-refractivity contribution in [1.29, 1.82) is 0 Å². The van der Waals surface area contributed by atoms with Gasteiger partial charge in [0.1, 0.15) is 11.4 Å². The number of nitrogens with zero attached hydrogens (tertiary/aromatic N) is 2. The summed E-state index contributed by atoms with van der Waals surface area (Å²) in [6.07, 6.45) is 0. The van der Waals surface area contributed by atoms with Gasteiger partial charge in [0.2, 0.25) is 0 Å². The van der Waals surface area contributed by atoms with Gasteiger partial charge >= 0.3 is 5.69 Å². The zero-order valence-corrected chi connectivity index (χ0v) is 15.5. The van der Waals surface area contributed by atoms with E-state index in [4.69, 9.17) is 28.9 Å². The minimum atomic E-state index is -0.724. The molecule has 0 aliphatic rings. The van der Waals surface area contributed by atoms with Crippen LogP contribution in [0, 0.1) is 0 Å². The van der Waals surface area contributed by atoms with Gasteiger partial charge < -0.3 is 5.73 Å². The van der Waals surface area contributed by atoms with Crippen LogP contribution in [0.2, 0.25) is 10.0 Å². The number of hydrogen-bond donors (Lipinski definition) is 1. The smallest absolute Gasteiger partial charge is 0.332 e. The van der Waals surface area contributed by atoms with Crippen LogP contribution in [-0.2, 0) is 14.1 Å². The van der Waals surface area contributed by atoms with E-state index in [9.17, 15) is 14.4 Å². The Bertz CT molecular complexity index is 917. The lowest BCUT2D eigenvalue weighted by molar-refractivity contribution is 0.0992. The topological polar surface area (TPSA) is 87.1 Å². The van der Waals surface area contributed by atoms with E-state index in [0.29, 0.717) is 14.9 Å². The highest BCUT2D eigenvalue weighted by molar-refractivity contribution is 8.00. The quantitative estimate of drug-likeness (QED) is 0.642. The zero-order chi connectivity index (χ0) is 18.2. The Labute approximate surface area is 152 Å². The summed E-state index contributed by atoms with van der Waals surface area (Å²) < 4.78 is 1.91. The molecular formula is C15H15Cl2N3O3S. The van der Waals surface area contributed by atoms with Gasteiger partial charge in [-0.05, 0) is 19.1 Å². The van der Waals surface area contributed by atoms with Gasteiger partial charge in [-0.3, -0.25) is 18.7 Å². The molecule has 128 valence electrons. The highest BCUT2D eigenvalue weighted by Crippen LogP contribution is 2.37. The van der Waals surface area contributed by atoms with Crippen molar-refractivity contribution in [2.24, 2.45) is 14.1 Å². The monoisotopic (exact) mass is 387 g/mol. The molecule has 6 nitrogen and oxygen atoms in total. The predicted molar refractivity (Wildman–Crippen MR) is 97.4 cm³/mol. The van der Waals surface area contributed by atoms with Gasteiger partial charge in [-0.2, -0.15) is 0 Å². The molecule has 9 heteroatoms. The van der Waals surface area contributed by atoms with Gasteiger partial charge in [-0.15, -0.1) is 11.8 Å². The van der Waals surface area contributed by atoms with Crippen LogP contribution >= 0.6 is 35.0 Å².